The zero-order valence-corrected chi connectivity index (χ0v) is 14.9. The predicted molar refractivity (Wildman–Crippen MR) is 92.2 cm³/mol. The van der Waals surface area contributed by atoms with Crippen LogP contribution in [0.4, 0.5) is 8.78 Å². The highest BCUT2D eigenvalue weighted by atomic mass is 32.2. The van der Waals surface area contributed by atoms with Gasteiger partial charge in [0.2, 0.25) is 10.0 Å². The molecule has 0 radical (unpaired) electrons. The van der Waals surface area contributed by atoms with E-state index in [9.17, 15) is 22.0 Å². The maximum absolute atomic E-state index is 13.3. The number of rotatable bonds is 3. The molecule has 0 unspecified atom stereocenters. The SMILES string of the molecule is N#Cc1ccccc1S(=O)(=O)N1CCN(C(=O)c2cc(F)cc(F)c2)CC1. The lowest BCUT2D eigenvalue weighted by Gasteiger charge is -2.34. The number of carbonyl (C=O) groups excluding carboxylic acids is 1. The van der Waals surface area contributed by atoms with Crippen molar-refractivity contribution in [3.05, 3.63) is 65.2 Å². The second kappa shape index (κ2) is 7.42. The van der Waals surface area contributed by atoms with Crippen LogP contribution in [0.1, 0.15) is 15.9 Å². The number of sulfonamides is 1. The van der Waals surface area contributed by atoms with Crippen LogP contribution in [-0.4, -0.2) is 49.7 Å². The summed E-state index contributed by atoms with van der Waals surface area (Å²) in [6.07, 6.45) is 0. The molecule has 0 bridgehead atoms. The zero-order valence-electron chi connectivity index (χ0n) is 14.1. The smallest absolute Gasteiger partial charge is 0.254 e. The van der Waals surface area contributed by atoms with E-state index in [4.69, 9.17) is 5.26 Å². The molecule has 140 valence electrons. The fourth-order valence-electron chi connectivity index (χ4n) is 2.91. The number of hydrogen-bond donors (Lipinski definition) is 0. The lowest BCUT2D eigenvalue weighted by Crippen LogP contribution is -2.50. The Hall–Kier alpha value is -2.83. The minimum absolute atomic E-state index is 0.0195. The summed E-state index contributed by atoms with van der Waals surface area (Å²) in [6.45, 7) is 0.188. The van der Waals surface area contributed by atoms with Crippen molar-refractivity contribution in [3.8, 4) is 6.07 Å². The molecule has 1 heterocycles. The van der Waals surface area contributed by atoms with Gasteiger partial charge in [-0.3, -0.25) is 4.79 Å². The van der Waals surface area contributed by atoms with Crippen LogP contribution in [0.25, 0.3) is 0 Å². The van der Waals surface area contributed by atoms with Gasteiger partial charge in [-0.25, -0.2) is 17.2 Å². The summed E-state index contributed by atoms with van der Waals surface area (Å²) in [5.74, 6) is -2.27. The molecule has 1 amide bonds. The van der Waals surface area contributed by atoms with E-state index in [1.165, 1.54) is 27.4 Å². The lowest BCUT2D eigenvalue weighted by atomic mass is 10.1. The molecule has 3 rings (SSSR count). The molecule has 0 saturated carbocycles. The molecule has 0 atom stereocenters. The number of piperazine rings is 1. The normalized spacial score (nSPS) is 15.4. The van der Waals surface area contributed by atoms with E-state index in [2.05, 4.69) is 0 Å². The Labute approximate surface area is 155 Å². The second-order valence-electron chi connectivity index (χ2n) is 5.96. The van der Waals surface area contributed by atoms with Gasteiger partial charge in [0.05, 0.1) is 10.5 Å². The predicted octanol–water partition coefficient (Wildman–Crippen LogP) is 1.98. The van der Waals surface area contributed by atoms with Crippen molar-refractivity contribution < 1.29 is 22.0 Å². The Kier molecular flexibility index (Phi) is 5.21. The minimum atomic E-state index is -3.88. The summed E-state index contributed by atoms with van der Waals surface area (Å²) < 4.78 is 53.4. The molecule has 0 aromatic heterocycles. The minimum Gasteiger partial charge on any atom is -0.336 e. The molecular formula is C18H15F2N3O3S. The first kappa shape index (κ1) is 18.9. The number of hydrogen-bond acceptors (Lipinski definition) is 4. The van der Waals surface area contributed by atoms with Gasteiger partial charge < -0.3 is 4.90 Å². The van der Waals surface area contributed by atoms with Crippen LogP contribution in [0, 0.1) is 23.0 Å². The first-order valence-corrected chi connectivity index (χ1v) is 9.51. The summed E-state index contributed by atoms with van der Waals surface area (Å²) in [5.41, 5.74) is -0.0788. The molecular weight excluding hydrogens is 376 g/mol. The van der Waals surface area contributed by atoms with Crippen LogP contribution in [0.3, 0.4) is 0 Å². The molecule has 1 aliphatic rings. The molecule has 2 aromatic rings. The summed E-state index contributed by atoms with van der Waals surface area (Å²) >= 11 is 0. The average molecular weight is 391 g/mol. The van der Waals surface area contributed by atoms with Crippen molar-refractivity contribution in [2.45, 2.75) is 4.90 Å². The molecule has 0 spiro atoms. The first-order valence-electron chi connectivity index (χ1n) is 8.07. The van der Waals surface area contributed by atoms with Crippen LogP contribution in [0.15, 0.2) is 47.4 Å². The quantitative estimate of drug-likeness (QED) is 0.801. The van der Waals surface area contributed by atoms with Gasteiger partial charge in [0.25, 0.3) is 5.91 Å². The Balaban J connectivity index is 1.75. The van der Waals surface area contributed by atoms with Crippen LogP contribution in [-0.2, 0) is 10.0 Å². The molecule has 2 aromatic carbocycles. The zero-order chi connectivity index (χ0) is 19.6. The van der Waals surface area contributed by atoms with Gasteiger partial charge in [0, 0.05) is 37.8 Å². The Bertz CT molecular complexity index is 1010. The fraction of sp³-hybridized carbons (Fsp3) is 0.222. The highest BCUT2D eigenvalue weighted by molar-refractivity contribution is 7.89. The fourth-order valence-corrected chi connectivity index (χ4v) is 4.48. The third-order valence-corrected chi connectivity index (χ3v) is 6.22. The molecule has 0 aliphatic carbocycles. The van der Waals surface area contributed by atoms with Gasteiger partial charge in [0.1, 0.15) is 17.7 Å². The number of benzene rings is 2. The lowest BCUT2D eigenvalue weighted by molar-refractivity contribution is 0.0697. The Morgan fingerprint density at radius 1 is 1.00 bits per heavy atom. The molecule has 1 saturated heterocycles. The summed E-state index contributed by atoms with van der Waals surface area (Å²) in [5, 5.41) is 9.12. The van der Waals surface area contributed by atoms with Crippen molar-refractivity contribution >= 4 is 15.9 Å². The largest absolute Gasteiger partial charge is 0.336 e. The van der Waals surface area contributed by atoms with Gasteiger partial charge in [-0.1, -0.05) is 12.1 Å². The van der Waals surface area contributed by atoms with Gasteiger partial charge >= 0.3 is 0 Å². The van der Waals surface area contributed by atoms with E-state index in [-0.39, 0.29) is 42.2 Å². The van der Waals surface area contributed by atoms with E-state index in [1.807, 2.05) is 6.07 Å². The maximum Gasteiger partial charge on any atom is 0.254 e. The molecule has 1 aliphatic heterocycles. The number of nitrogens with zero attached hydrogens (tertiary/aromatic N) is 3. The van der Waals surface area contributed by atoms with Gasteiger partial charge in [-0.05, 0) is 24.3 Å². The van der Waals surface area contributed by atoms with Gasteiger partial charge in [0.15, 0.2) is 0 Å². The highest BCUT2D eigenvalue weighted by Crippen LogP contribution is 2.21. The standard InChI is InChI=1S/C18H15F2N3O3S/c19-15-9-14(10-16(20)11-15)18(24)22-5-7-23(8-6-22)27(25,26)17-4-2-1-3-13(17)12-21/h1-4,9-11H,5-8H2. The van der Waals surface area contributed by atoms with Gasteiger partial charge in [-0.2, -0.15) is 9.57 Å². The Morgan fingerprint density at radius 3 is 2.19 bits per heavy atom. The summed E-state index contributed by atoms with van der Waals surface area (Å²) in [6, 6.07) is 10.3. The Morgan fingerprint density at radius 2 is 1.59 bits per heavy atom. The third-order valence-electron chi connectivity index (χ3n) is 4.26. The number of halogens is 2. The van der Waals surface area contributed by atoms with Crippen molar-refractivity contribution in [3.63, 3.8) is 0 Å². The number of nitriles is 1. The van der Waals surface area contributed by atoms with Crippen molar-refractivity contribution in [1.29, 1.82) is 5.26 Å². The molecule has 9 heteroatoms. The van der Waals surface area contributed by atoms with Gasteiger partial charge in [-0.15, -0.1) is 0 Å². The molecule has 0 N–H and O–H groups in total. The van der Waals surface area contributed by atoms with Crippen LogP contribution in [0.5, 0.6) is 0 Å². The maximum atomic E-state index is 13.3. The molecule has 1 fully saturated rings. The highest BCUT2D eigenvalue weighted by Gasteiger charge is 2.32. The van der Waals surface area contributed by atoms with Crippen LogP contribution in [0.2, 0.25) is 0 Å². The van der Waals surface area contributed by atoms with Crippen molar-refractivity contribution in [2.75, 3.05) is 26.2 Å². The number of amides is 1. The van der Waals surface area contributed by atoms with Crippen molar-refractivity contribution in [1.82, 2.24) is 9.21 Å². The van der Waals surface area contributed by atoms with E-state index in [1.54, 1.807) is 6.07 Å². The second-order valence-corrected chi connectivity index (χ2v) is 7.87. The average Bonchev–Trinajstić information content (AvgIpc) is 2.66. The van der Waals surface area contributed by atoms with E-state index >= 15 is 0 Å². The topological polar surface area (TPSA) is 81.5 Å². The molecule has 27 heavy (non-hydrogen) atoms. The monoisotopic (exact) mass is 391 g/mol. The summed E-state index contributed by atoms with van der Waals surface area (Å²) in [7, 11) is -3.88. The summed E-state index contributed by atoms with van der Waals surface area (Å²) in [4.78, 5) is 13.7. The number of carbonyl (C=O) groups is 1. The first-order chi connectivity index (χ1) is 12.8. The van der Waals surface area contributed by atoms with Crippen molar-refractivity contribution in [2.24, 2.45) is 0 Å². The van der Waals surface area contributed by atoms with E-state index < -0.39 is 27.6 Å². The molecule has 6 nitrogen and oxygen atoms in total. The third kappa shape index (κ3) is 3.82. The van der Waals surface area contributed by atoms with E-state index in [0.717, 1.165) is 12.1 Å². The van der Waals surface area contributed by atoms with Crippen LogP contribution >= 0.6 is 0 Å². The van der Waals surface area contributed by atoms with Crippen LogP contribution < -0.4 is 0 Å². The van der Waals surface area contributed by atoms with E-state index in [0.29, 0.717) is 6.07 Å².